The Labute approximate surface area is 111 Å². The van der Waals surface area contributed by atoms with E-state index >= 15 is 0 Å². The molecule has 1 aromatic heterocycles. The van der Waals surface area contributed by atoms with Crippen LogP contribution in [0, 0.1) is 0 Å². The van der Waals surface area contributed by atoms with E-state index in [1.54, 1.807) is 18.3 Å². The average molecular weight is 263 g/mol. The topological polar surface area (TPSA) is 45.2 Å². The van der Waals surface area contributed by atoms with Crippen molar-refractivity contribution in [2.45, 2.75) is 19.4 Å². The maximum atomic E-state index is 9.86. The maximum Gasteiger partial charge on any atom is 0.129 e. The van der Waals surface area contributed by atoms with Crippen molar-refractivity contribution >= 4 is 17.3 Å². The van der Waals surface area contributed by atoms with Crippen molar-refractivity contribution in [3.05, 3.63) is 53.3 Å². The number of benzene rings is 1. The van der Waals surface area contributed by atoms with Crippen molar-refractivity contribution in [2.24, 2.45) is 0 Å². The molecule has 3 nitrogen and oxygen atoms in total. The van der Waals surface area contributed by atoms with Crippen molar-refractivity contribution in [3.8, 4) is 5.75 Å². The fourth-order valence-corrected chi connectivity index (χ4v) is 1.96. The number of nitrogens with one attached hydrogen (secondary N) is 1. The van der Waals surface area contributed by atoms with E-state index in [1.807, 2.05) is 24.3 Å². The molecule has 0 saturated heterocycles. The summed E-state index contributed by atoms with van der Waals surface area (Å²) in [6.45, 7) is 2.06. The number of aromatic nitrogens is 1. The van der Waals surface area contributed by atoms with Gasteiger partial charge in [-0.2, -0.15) is 0 Å². The molecular weight excluding hydrogens is 248 g/mol. The van der Waals surface area contributed by atoms with Gasteiger partial charge in [0.15, 0.2) is 0 Å². The lowest BCUT2D eigenvalue weighted by atomic mass is 10.0. The van der Waals surface area contributed by atoms with Crippen LogP contribution in [0.25, 0.3) is 0 Å². The van der Waals surface area contributed by atoms with Gasteiger partial charge in [-0.05, 0) is 24.6 Å². The second kappa shape index (κ2) is 5.74. The lowest BCUT2D eigenvalue weighted by Crippen LogP contribution is -2.09. The quantitative estimate of drug-likeness (QED) is 0.819. The van der Waals surface area contributed by atoms with E-state index in [4.69, 9.17) is 11.6 Å². The number of anilines is 1. The fraction of sp³-hybridized carbons (Fsp3) is 0.214. The molecule has 0 aliphatic carbocycles. The molecule has 18 heavy (non-hydrogen) atoms. The average Bonchev–Trinajstić information content (AvgIpc) is 2.39. The Balaban J connectivity index is 2.20. The zero-order valence-electron chi connectivity index (χ0n) is 10.1. The third-order valence-corrected chi connectivity index (χ3v) is 3.01. The van der Waals surface area contributed by atoms with E-state index in [0.717, 1.165) is 17.7 Å². The fourth-order valence-electron chi connectivity index (χ4n) is 1.84. The van der Waals surface area contributed by atoms with Crippen LogP contribution in [0.15, 0.2) is 42.6 Å². The summed E-state index contributed by atoms with van der Waals surface area (Å²) >= 11 is 5.75. The zero-order valence-corrected chi connectivity index (χ0v) is 10.9. The monoisotopic (exact) mass is 262 g/mol. The van der Waals surface area contributed by atoms with E-state index < -0.39 is 0 Å². The van der Waals surface area contributed by atoms with Crippen LogP contribution in [0.5, 0.6) is 5.75 Å². The molecule has 2 rings (SSSR count). The van der Waals surface area contributed by atoms with Gasteiger partial charge in [-0.25, -0.2) is 4.98 Å². The summed E-state index contributed by atoms with van der Waals surface area (Å²) in [6.07, 6.45) is 2.55. The second-order valence-corrected chi connectivity index (χ2v) is 4.42. The van der Waals surface area contributed by atoms with Gasteiger partial charge in [-0.1, -0.05) is 36.7 Å². The van der Waals surface area contributed by atoms with Crippen LogP contribution in [0.1, 0.15) is 24.9 Å². The van der Waals surface area contributed by atoms with Crippen molar-refractivity contribution in [1.82, 2.24) is 4.98 Å². The van der Waals surface area contributed by atoms with Gasteiger partial charge in [-0.15, -0.1) is 0 Å². The van der Waals surface area contributed by atoms with E-state index in [9.17, 15) is 5.11 Å². The van der Waals surface area contributed by atoms with E-state index in [-0.39, 0.29) is 6.04 Å². The lowest BCUT2D eigenvalue weighted by molar-refractivity contribution is 0.463. The van der Waals surface area contributed by atoms with Gasteiger partial charge in [0.25, 0.3) is 0 Å². The molecule has 0 spiro atoms. The predicted molar refractivity (Wildman–Crippen MR) is 74.0 cm³/mol. The summed E-state index contributed by atoms with van der Waals surface area (Å²) in [5, 5.41) is 13.7. The first-order valence-corrected chi connectivity index (χ1v) is 6.24. The number of pyridine rings is 1. The number of para-hydroxylation sites is 1. The Hall–Kier alpha value is -1.74. The highest BCUT2D eigenvalue weighted by molar-refractivity contribution is 6.29. The van der Waals surface area contributed by atoms with Crippen molar-refractivity contribution in [3.63, 3.8) is 0 Å². The predicted octanol–water partition coefficient (Wildman–Crippen LogP) is 4.00. The molecule has 1 atom stereocenters. The summed E-state index contributed by atoms with van der Waals surface area (Å²) in [5.74, 6) is 0.304. The van der Waals surface area contributed by atoms with Crippen LogP contribution >= 0.6 is 11.6 Å². The molecule has 0 aliphatic rings. The minimum atomic E-state index is 0.0502. The molecule has 94 valence electrons. The number of nitrogens with zero attached hydrogens (tertiary/aromatic N) is 1. The van der Waals surface area contributed by atoms with Gasteiger partial charge in [-0.3, -0.25) is 0 Å². The summed E-state index contributed by atoms with van der Waals surface area (Å²) in [7, 11) is 0. The van der Waals surface area contributed by atoms with Crippen LogP contribution < -0.4 is 5.32 Å². The van der Waals surface area contributed by atoms with Gasteiger partial charge in [0.1, 0.15) is 10.9 Å². The molecule has 0 bridgehead atoms. The number of rotatable bonds is 4. The third-order valence-electron chi connectivity index (χ3n) is 2.79. The van der Waals surface area contributed by atoms with Crippen LogP contribution in [0.2, 0.25) is 5.15 Å². The Morgan fingerprint density at radius 2 is 2.06 bits per heavy atom. The summed E-state index contributed by atoms with van der Waals surface area (Å²) in [5.41, 5.74) is 1.77. The van der Waals surface area contributed by atoms with Gasteiger partial charge >= 0.3 is 0 Å². The number of phenolic OH excluding ortho intramolecular Hbond substituents is 1. The highest BCUT2D eigenvalue weighted by atomic mass is 35.5. The zero-order chi connectivity index (χ0) is 13.0. The molecule has 4 heteroatoms. The Bertz CT molecular complexity index is 513. The Morgan fingerprint density at radius 1 is 1.28 bits per heavy atom. The Morgan fingerprint density at radius 3 is 2.67 bits per heavy atom. The van der Waals surface area contributed by atoms with E-state index in [1.165, 1.54) is 0 Å². The van der Waals surface area contributed by atoms with Crippen molar-refractivity contribution in [1.29, 1.82) is 0 Å². The first kappa shape index (κ1) is 12.7. The molecule has 0 amide bonds. The first-order valence-electron chi connectivity index (χ1n) is 5.86. The standard InChI is InChI=1S/C14H15ClN2O/c1-2-12(11-5-3-4-6-13(11)18)17-10-7-8-14(15)16-9-10/h3-9,12,17-18H,2H2,1H3. The van der Waals surface area contributed by atoms with Crippen molar-refractivity contribution < 1.29 is 5.11 Å². The minimum absolute atomic E-state index is 0.0502. The molecule has 0 radical (unpaired) electrons. The molecular formula is C14H15ClN2O. The molecule has 1 heterocycles. The molecule has 2 aromatic rings. The van der Waals surface area contributed by atoms with Gasteiger partial charge < -0.3 is 10.4 Å². The third kappa shape index (κ3) is 2.93. The molecule has 0 saturated carbocycles. The molecule has 2 N–H and O–H groups in total. The van der Waals surface area contributed by atoms with Gasteiger partial charge in [0, 0.05) is 5.56 Å². The molecule has 1 aromatic carbocycles. The largest absolute Gasteiger partial charge is 0.508 e. The van der Waals surface area contributed by atoms with Crippen molar-refractivity contribution in [2.75, 3.05) is 5.32 Å². The maximum absolute atomic E-state index is 9.86. The molecule has 0 aliphatic heterocycles. The molecule has 0 fully saturated rings. The van der Waals surface area contributed by atoms with Crippen LogP contribution in [0.4, 0.5) is 5.69 Å². The van der Waals surface area contributed by atoms with E-state index in [0.29, 0.717) is 10.9 Å². The normalized spacial score (nSPS) is 12.1. The van der Waals surface area contributed by atoms with Crippen LogP contribution in [-0.2, 0) is 0 Å². The number of hydrogen-bond donors (Lipinski definition) is 2. The number of halogens is 1. The summed E-state index contributed by atoms with van der Waals surface area (Å²) in [4.78, 5) is 4.02. The number of hydrogen-bond acceptors (Lipinski definition) is 3. The van der Waals surface area contributed by atoms with Gasteiger partial charge in [0.05, 0.1) is 17.9 Å². The number of aromatic hydroxyl groups is 1. The molecule has 1 unspecified atom stereocenters. The Kier molecular flexibility index (Phi) is 4.05. The smallest absolute Gasteiger partial charge is 0.129 e. The van der Waals surface area contributed by atoms with Crippen LogP contribution in [-0.4, -0.2) is 10.1 Å². The highest BCUT2D eigenvalue weighted by Crippen LogP contribution is 2.29. The van der Waals surface area contributed by atoms with Crippen LogP contribution in [0.3, 0.4) is 0 Å². The summed E-state index contributed by atoms with van der Waals surface area (Å²) in [6, 6.07) is 11.0. The second-order valence-electron chi connectivity index (χ2n) is 4.03. The SMILES string of the molecule is CCC(Nc1ccc(Cl)nc1)c1ccccc1O. The highest BCUT2D eigenvalue weighted by Gasteiger charge is 2.12. The van der Waals surface area contributed by atoms with Gasteiger partial charge in [0.2, 0.25) is 0 Å². The first-order chi connectivity index (χ1) is 8.70. The summed E-state index contributed by atoms with van der Waals surface area (Å²) < 4.78 is 0. The lowest BCUT2D eigenvalue weighted by Gasteiger charge is -2.19. The van der Waals surface area contributed by atoms with E-state index in [2.05, 4.69) is 17.2 Å². The number of phenols is 1. The minimum Gasteiger partial charge on any atom is -0.508 e.